The molecular formula is C103H118N28O9. The third-order valence-corrected chi connectivity index (χ3v) is 27.6. The Morgan fingerprint density at radius 3 is 0.850 bits per heavy atom. The number of anilines is 8. The van der Waals surface area contributed by atoms with E-state index >= 15 is 0 Å². The molecule has 37 nitrogen and oxygen atoms in total. The Hall–Kier alpha value is -14.6. The van der Waals surface area contributed by atoms with Crippen molar-refractivity contribution in [1.82, 2.24) is 97.9 Å². The predicted octanol–water partition coefficient (Wildman–Crippen LogP) is 15.6. The fourth-order valence-corrected chi connectivity index (χ4v) is 18.8. The molecule has 15 heterocycles. The Morgan fingerprint density at radius 1 is 0.321 bits per heavy atom. The smallest absolute Gasteiger partial charge is 0.258 e. The van der Waals surface area contributed by atoms with Gasteiger partial charge in [-0.3, -0.25) is 48.9 Å². The van der Waals surface area contributed by atoms with Gasteiger partial charge < -0.3 is 63.0 Å². The van der Waals surface area contributed by atoms with E-state index < -0.39 is 0 Å². The van der Waals surface area contributed by atoms with Crippen LogP contribution in [0.1, 0.15) is 295 Å². The summed E-state index contributed by atoms with van der Waals surface area (Å²) in [4.78, 5) is 108. The van der Waals surface area contributed by atoms with Gasteiger partial charge in [-0.15, -0.1) is 0 Å². The van der Waals surface area contributed by atoms with E-state index in [0.717, 1.165) is 158 Å². The molecule has 12 N–H and O–H groups in total. The summed E-state index contributed by atoms with van der Waals surface area (Å²) in [6, 6.07) is 26.7. The van der Waals surface area contributed by atoms with E-state index in [1.165, 1.54) is 62.9 Å². The number of nitrogens with zero attached hydrogens (tertiary/aromatic N) is 20. The van der Waals surface area contributed by atoms with Gasteiger partial charge in [-0.2, -0.15) is 48.1 Å². The van der Waals surface area contributed by atoms with Gasteiger partial charge in [0, 0.05) is 151 Å². The number of hydrogen-bond donors (Lipinski definition) is 12. The first-order chi connectivity index (χ1) is 68.4. The molecule has 140 heavy (non-hydrogen) atoms. The van der Waals surface area contributed by atoms with Crippen LogP contribution in [-0.4, -0.2) is 192 Å². The minimum atomic E-state index is -0.266. The van der Waals surface area contributed by atoms with Crippen LogP contribution >= 0.6 is 0 Å². The number of aromatic nitrogens is 20. The van der Waals surface area contributed by atoms with Crippen LogP contribution in [-0.2, 0) is 0 Å². The summed E-state index contributed by atoms with van der Waals surface area (Å²) in [5, 5.41) is 86.2. The maximum atomic E-state index is 12.7. The van der Waals surface area contributed by atoms with Crippen LogP contribution in [0, 0.1) is 23.7 Å². The molecule has 0 saturated heterocycles. The lowest BCUT2D eigenvalue weighted by Crippen LogP contribution is -2.30. The van der Waals surface area contributed by atoms with E-state index in [1.54, 1.807) is 145 Å². The minimum absolute atomic E-state index is 0.00333. The Kier molecular flexibility index (Phi) is 28.9. The van der Waals surface area contributed by atoms with E-state index in [1.807, 2.05) is 76.9 Å². The molecule has 5 amide bonds. The second-order valence-corrected chi connectivity index (χ2v) is 38.5. The zero-order chi connectivity index (χ0) is 96.4. The summed E-state index contributed by atoms with van der Waals surface area (Å²) in [5.41, 5.74) is 13.9. The maximum Gasteiger partial charge on any atom is 0.258 e. The van der Waals surface area contributed by atoms with Crippen LogP contribution < -0.4 is 42.5 Å². The van der Waals surface area contributed by atoms with Crippen LogP contribution in [0.2, 0.25) is 0 Å². The summed E-state index contributed by atoms with van der Waals surface area (Å²) < 4.78 is 8.53. The molecule has 0 radical (unpaired) electrons. The highest BCUT2D eigenvalue weighted by Gasteiger charge is 2.38. The molecular weight excluding hydrogens is 1770 g/mol. The Bertz CT molecular complexity index is 6540. The number of aliphatic hydroxyl groups excluding tert-OH is 4. The molecule has 8 fully saturated rings. The Morgan fingerprint density at radius 2 is 0.593 bits per heavy atom. The second-order valence-electron chi connectivity index (χ2n) is 38.5. The van der Waals surface area contributed by atoms with Gasteiger partial charge in [0.2, 0.25) is 0 Å². The van der Waals surface area contributed by atoms with E-state index in [4.69, 9.17) is 24.9 Å². The summed E-state index contributed by atoms with van der Waals surface area (Å²) in [6.07, 6.45) is 49.1. The molecule has 15 aromatic rings. The van der Waals surface area contributed by atoms with Gasteiger partial charge in [0.25, 0.3) is 29.5 Å². The highest BCUT2D eigenvalue weighted by molar-refractivity contribution is 6.06. The summed E-state index contributed by atoms with van der Waals surface area (Å²) in [7, 11) is 0. The molecule has 37 heteroatoms. The lowest BCUT2D eigenvalue weighted by molar-refractivity contribution is 0.101. The number of nitrogens with one attached hydrogen (secondary N) is 8. The largest absolute Gasteiger partial charge is 0.396 e. The fourth-order valence-electron chi connectivity index (χ4n) is 18.8. The van der Waals surface area contributed by atoms with Crippen LogP contribution in [0.3, 0.4) is 0 Å². The number of amides is 5. The molecule has 8 aliphatic carbocycles. The third kappa shape index (κ3) is 22.1. The van der Waals surface area contributed by atoms with Gasteiger partial charge in [0.05, 0.1) is 95.5 Å². The molecule has 0 aliphatic heterocycles. The standard InChI is InChI=1S/C21H24N6O.2C21H23N5O2.2C20H24N6O2/c28-21(15-5-4-10-22-12-15)26-19-11-18(24-16-6-2-1-3-7-16)25-20-17(14-8-9-14)13-23-27(19)20;2*27-12-15-3-1-5-16(15)18-9-19(25-21(28)14-4-2-8-22-10-14)26-20(24-18)17(11-23-26)13-6-7-13;2*1-12(2)16(11-27)23-17-8-18(25-20(28)14-4-3-7-21-9-14)26-19(24-17)15(10-22-26)13-5-6-13/h4-5,10-14,16H,1-3,6-9H2,(H,24,25)(H,26,28);2*2,4,8-11,13,15-16,27H,1,3,5-7,12H2,(H,25,28);2*3-4,7-10,12-13,16,27H,5-6,11H2,1-2H3,(H,23,24)(H,25,28)/t;2*15-,16?;2*16-/m.1010/s1. The SMILES string of the molecule is CC(C)[C@@H](CO)Nc1cc(NC(=O)c2cccnc2)n2ncc(C3CC3)c2n1.CC(C)[C@H](CO)Nc1cc(NC(=O)c2cccnc2)n2ncc(C3CC3)c2n1.O=C(Nc1cc(C2CCC[C@@H]2CO)nc2c(C3CC3)cnn12)c1cccnc1.O=C(Nc1cc(C2CCC[C@H]2CO)nc2c(C3CC3)cnn12)c1cccnc1.O=C(Nc1cc(NC2CCCCC2)nc2c(C3CC3)cnn12)c1cccnc1. The second kappa shape index (κ2) is 42.8. The van der Waals surface area contributed by atoms with Gasteiger partial charge in [0.15, 0.2) is 28.2 Å². The first-order valence-corrected chi connectivity index (χ1v) is 49.1. The van der Waals surface area contributed by atoms with Crippen molar-refractivity contribution in [3.05, 3.63) is 251 Å². The number of aliphatic hydroxyl groups is 4. The Labute approximate surface area is 808 Å². The summed E-state index contributed by atoms with van der Waals surface area (Å²) >= 11 is 0. The van der Waals surface area contributed by atoms with E-state index in [-0.39, 0.29) is 104 Å². The van der Waals surface area contributed by atoms with Crippen molar-refractivity contribution in [2.75, 3.05) is 69.0 Å². The van der Waals surface area contributed by atoms with E-state index in [2.05, 4.69) is 92.9 Å². The van der Waals surface area contributed by atoms with Crippen molar-refractivity contribution < 1.29 is 44.4 Å². The molecule has 23 rings (SSSR count). The molecule has 6 atom stereocenters. The molecule has 15 aromatic heterocycles. The highest BCUT2D eigenvalue weighted by atomic mass is 16.3. The predicted molar refractivity (Wildman–Crippen MR) is 529 cm³/mol. The van der Waals surface area contributed by atoms with Crippen LogP contribution in [0.5, 0.6) is 0 Å². The molecule has 724 valence electrons. The van der Waals surface area contributed by atoms with Gasteiger partial charge in [0.1, 0.15) is 46.5 Å². The molecule has 0 bridgehead atoms. The van der Waals surface area contributed by atoms with Crippen molar-refractivity contribution in [1.29, 1.82) is 0 Å². The molecule has 8 aliphatic rings. The number of hydrogen-bond acceptors (Lipinski definition) is 27. The number of pyridine rings is 5. The lowest BCUT2D eigenvalue weighted by Gasteiger charge is -2.23. The van der Waals surface area contributed by atoms with Gasteiger partial charge >= 0.3 is 0 Å². The highest BCUT2D eigenvalue weighted by Crippen LogP contribution is 2.49. The molecule has 0 aromatic carbocycles. The van der Waals surface area contributed by atoms with Gasteiger partial charge in [-0.25, -0.2) is 24.9 Å². The molecule has 2 unspecified atom stereocenters. The van der Waals surface area contributed by atoms with Gasteiger partial charge in [-0.05, 0) is 217 Å². The van der Waals surface area contributed by atoms with Crippen molar-refractivity contribution in [3.63, 3.8) is 0 Å². The number of rotatable bonds is 29. The normalized spacial score (nSPS) is 18.3. The van der Waals surface area contributed by atoms with Crippen LogP contribution in [0.4, 0.5) is 46.5 Å². The van der Waals surface area contributed by atoms with E-state index in [9.17, 15) is 44.4 Å². The quantitative estimate of drug-likeness (QED) is 0.0207. The molecule has 8 saturated carbocycles. The number of fused-ring (bicyclic) bond motifs is 5. The van der Waals surface area contributed by atoms with Crippen molar-refractivity contribution in [3.8, 4) is 0 Å². The zero-order valence-electron chi connectivity index (χ0n) is 78.9. The fraction of sp³-hybridized carbons (Fsp3) is 0.417. The first kappa shape index (κ1) is 94.4. The Balaban J connectivity index is 0.000000111. The zero-order valence-corrected chi connectivity index (χ0v) is 78.9. The lowest BCUT2D eigenvalue weighted by atomic mass is 9.93. The first-order valence-electron chi connectivity index (χ1n) is 49.1. The average Bonchev–Trinajstić information content (AvgIpc) is 1.61. The monoisotopic (exact) mass is 1890 g/mol. The maximum absolute atomic E-state index is 12.7. The number of carbonyl (C=O) groups is 5. The van der Waals surface area contributed by atoms with Crippen LogP contribution in [0.15, 0.2) is 184 Å². The molecule has 0 spiro atoms. The van der Waals surface area contributed by atoms with Gasteiger partial charge in [-0.1, -0.05) is 59.8 Å². The van der Waals surface area contributed by atoms with Crippen LogP contribution in [0.25, 0.3) is 28.2 Å². The number of carbonyl (C=O) groups excluding carboxylic acids is 5. The summed E-state index contributed by atoms with van der Waals surface area (Å²) in [6.45, 7) is 8.47. The van der Waals surface area contributed by atoms with Crippen molar-refractivity contribution in [2.24, 2.45) is 23.7 Å². The minimum Gasteiger partial charge on any atom is -0.396 e. The van der Waals surface area contributed by atoms with Crippen molar-refractivity contribution in [2.45, 2.75) is 222 Å². The van der Waals surface area contributed by atoms with Crippen molar-refractivity contribution >= 4 is 104 Å². The van der Waals surface area contributed by atoms with E-state index in [0.29, 0.717) is 104 Å². The average molecular weight is 1890 g/mol. The third-order valence-electron chi connectivity index (χ3n) is 27.6. The summed E-state index contributed by atoms with van der Waals surface area (Å²) in [5.74, 6) is 7.58. The topological polar surface area (TPSA) is 478 Å².